The summed E-state index contributed by atoms with van der Waals surface area (Å²) in [6, 6.07) is 7.80. The lowest BCUT2D eigenvalue weighted by atomic mass is 10.1. The minimum Gasteiger partial charge on any atom is -0.490 e. The first-order valence-corrected chi connectivity index (χ1v) is 10.4. The van der Waals surface area contributed by atoms with Crippen LogP contribution in [0.2, 0.25) is 5.02 Å². The number of carbonyl (C=O) groups is 1. The summed E-state index contributed by atoms with van der Waals surface area (Å²) >= 11 is 5.89. The second-order valence-corrected chi connectivity index (χ2v) is 7.61. The van der Waals surface area contributed by atoms with Crippen molar-refractivity contribution >= 4 is 45.7 Å². The first-order valence-electron chi connectivity index (χ1n) is 10.0. The maximum Gasteiger partial charge on any atom is 0.249 e. The van der Waals surface area contributed by atoms with Gasteiger partial charge in [-0.05, 0) is 39.2 Å². The topological polar surface area (TPSA) is 103 Å². The van der Waals surface area contributed by atoms with Gasteiger partial charge in [0.25, 0.3) is 0 Å². The summed E-state index contributed by atoms with van der Waals surface area (Å²) in [7, 11) is 3.78. The van der Waals surface area contributed by atoms with Gasteiger partial charge in [-0.25, -0.2) is 9.37 Å². The minimum absolute atomic E-state index is 0.0686. The number of rotatable bonds is 8. The second-order valence-electron chi connectivity index (χ2n) is 7.20. The van der Waals surface area contributed by atoms with Crippen LogP contribution < -0.4 is 15.4 Å². The third-order valence-electron chi connectivity index (χ3n) is 4.40. The average Bonchev–Trinajstić information content (AvgIpc) is 2.77. The van der Waals surface area contributed by atoms with Crippen LogP contribution in [-0.2, 0) is 4.79 Å². The highest BCUT2D eigenvalue weighted by Gasteiger charge is 2.17. The van der Waals surface area contributed by atoms with E-state index in [0.717, 1.165) is 0 Å². The number of nitrogens with zero attached hydrogens (tertiary/aromatic N) is 4. The third kappa shape index (κ3) is 5.94. The van der Waals surface area contributed by atoms with Gasteiger partial charge in [0.05, 0.1) is 28.4 Å². The van der Waals surface area contributed by atoms with E-state index < -0.39 is 5.82 Å². The van der Waals surface area contributed by atoms with Crippen molar-refractivity contribution in [3.8, 4) is 11.8 Å². The van der Waals surface area contributed by atoms with Gasteiger partial charge in [-0.15, -0.1) is 0 Å². The Labute approximate surface area is 195 Å². The van der Waals surface area contributed by atoms with Crippen molar-refractivity contribution < 1.29 is 13.9 Å². The molecule has 0 saturated heterocycles. The largest absolute Gasteiger partial charge is 0.490 e. The summed E-state index contributed by atoms with van der Waals surface area (Å²) in [6.45, 7) is 2.76. The van der Waals surface area contributed by atoms with Crippen LogP contribution in [0.5, 0.6) is 5.75 Å². The van der Waals surface area contributed by atoms with Crippen LogP contribution in [0.3, 0.4) is 0 Å². The van der Waals surface area contributed by atoms with Crippen molar-refractivity contribution in [1.29, 1.82) is 5.26 Å². The van der Waals surface area contributed by atoms with Gasteiger partial charge in [0.1, 0.15) is 17.4 Å². The summed E-state index contributed by atoms with van der Waals surface area (Å²) in [5, 5.41) is 15.3. The average molecular weight is 469 g/mol. The summed E-state index contributed by atoms with van der Waals surface area (Å²) in [4.78, 5) is 23.2. The standard InChI is InChI=1S/C23H22ClFN6O2/c1-4-33-19-11-18-22(30-23(19)29-20(32)6-5-9-31(2)3)21(14(12-26)13-27-18)28-15-7-8-17(25)16(24)10-15/h5-8,10-11,13H,4,9H2,1-3H3,(H,27,28)(H,29,30,32)/b6-5+. The van der Waals surface area contributed by atoms with Crippen molar-refractivity contribution in [2.45, 2.75) is 6.92 Å². The molecule has 0 unspecified atom stereocenters. The molecule has 8 nitrogen and oxygen atoms in total. The number of hydrogen-bond acceptors (Lipinski definition) is 7. The van der Waals surface area contributed by atoms with Gasteiger partial charge in [0.15, 0.2) is 11.6 Å². The van der Waals surface area contributed by atoms with E-state index in [9.17, 15) is 14.4 Å². The molecule has 0 radical (unpaired) electrons. The lowest BCUT2D eigenvalue weighted by Gasteiger charge is -2.15. The zero-order valence-corrected chi connectivity index (χ0v) is 19.1. The van der Waals surface area contributed by atoms with Crippen LogP contribution >= 0.6 is 11.6 Å². The second kappa shape index (κ2) is 10.7. The molecule has 2 aromatic heterocycles. The fourth-order valence-electron chi connectivity index (χ4n) is 2.91. The number of hydrogen-bond donors (Lipinski definition) is 2. The van der Waals surface area contributed by atoms with E-state index in [0.29, 0.717) is 41.3 Å². The number of benzene rings is 1. The van der Waals surface area contributed by atoms with E-state index in [2.05, 4.69) is 26.7 Å². The van der Waals surface area contributed by atoms with Crippen molar-refractivity contribution in [3.63, 3.8) is 0 Å². The normalized spacial score (nSPS) is 11.1. The highest BCUT2D eigenvalue weighted by atomic mass is 35.5. The van der Waals surface area contributed by atoms with Crippen molar-refractivity contribution in [2.24, 2.45) is 0 Å². The first-order chi connectivity index (χ1) is 15.8. The molecule has 2 N–H and O–H groups in total. The van der Waals surface area contributed by atoms with Crippen LogP contribution in [0, 0.1) is 17.1 Å². The van der Waals surface area contributed by atoms with Gasteiger partial charge in [-0.1, -0.05) is 17.7 Å². The monoisotopic (exact) mass is 468 g/mol. The highest BCUT2D eigenvalue weighted by molar-refractivity contribution is 6.31. The number of anilines is 3. The molecule has 10 heteroatoms. The van der Waals surface area contributed by atoms with Crippen molar-refractivity contribution in [2.75, 3.05) is 37.9 Å². The number of ether oxygens (including phenoxy) is 1. The summed E-state index contributed by atoms with van der Waals surface area (Å²) in [5.74, 6) is -0.420. The molecule has 3 aromatic rings. The number of fused-ring (bicyclic) bond motifs is 1. The first kappa shape index (κ1) is 23.9. The number of amides is 1. The number of likely N-dealkylation sites (N-methyl/N-ethyl adjacent to an activating group) is 1. The summed E-state index contributed by atoms with van der Waals surface area (Å²) in [5.41, 5.74) is 1.77. The maximum atomic E-state index is 13.6. The molecule has 0 fully saturated rings. The molecule has 0 aliphatic heterocycles. The smallest absolute Gasteiger partial charge is 0.249 e. The quantitative estimate of drug-likeness (QED) is 0.469. The molecule has 0 aliphatic carbocycles. The Morgan fingerprint density at radius 1 is 1.36 bits per heavy atom. The van der Waals surface area contributed by atoms with E-state index >= 15 is 0 Å². The molecule has 0 atom stereocenters. The minimum atomic E-state index is -0.561. The highest BCUT2D eigenvalue weighted by Crippen LogP contribution is 2.34. The predicted molar refractivity (Wildman–Crippen MR) is 126 cm³/mol. The van der Waals surface area contributed by atoms with Crippen LogP contribution in [0.1, 0.15) is 12.5 Å². The Morgan fingerprint density at radius 3 is 2.82 bits per heavy atom. The Morgan fingerprint density at radius 2 is 2.15 bits per heavy atom. The molecule has 3 rings (SSSR count). The number of pyridine rings is 2. The molecule has 1 aromatic carbocycles. The van der Waals surface area contributed by atoms with Gasteiger partial charge in [-0.3, -0.25) is 9.78 Å². The fraction of sp³-hybridized carbons (Fsp3) is 0.217. The van der Waals surface area contributed by atoms with E-state index in [1.807, 2.05) is 25.9 Å². The third-order valence-corrected chi connectivity index (χ3v) is 4.69. The molecule has 0 bridgehead atoms. The zero-order valence-electron chi connectivity index (χ0n) is 18.3. The SMILES string of the molecule is CCOc1cc2ncc(C#N)c(Nc3ccc(F)c(Cl)c3)c2nc1NC(=O)/C=C/CN(C)C. The van der Waals surface area contributed by atoms with E-state index in [1.54, 1.807) is 12.1 Å². The van der Waals surface area contributed by atoms with E-state index in [-0.39, 0.29) is 22.3 Å². The van der Waals surface area contributed by atoms with Gasteiger partial charge < -0.3 is 20.3 Å². The van der Waals surface area contributed by atoms with Gasteiger partial charge in [0, 0.05) is 30.6 Å². The number of nitriles is 1. The van der Waals surface area contributed by atoms with Crippen molar-refractivity contribution in [3.05, 3.63) is 59.0 Å². The number of halogens is 2. The lowest BCUT2D eigenvalue weighted by molar-refractivity contribution is -0.112. The molecule has 0 aliphatic rings. The van der Waals surface area contributed by atoms with E-state index in [1.165, 1.54) is 30.5 Å². The molecule has 170 valence electrons. The Bertz CT molecular complexity index is 1260. The molecule has 33 heavy (non-hydrogen) atoms. The van der Waals surface area contributed by atoms with Crippen LogP contribution in [0.25, 0.3) is 11.0 Å². The Balaban J connectivity index is 2.07. The molecule has 2 heterocycles. The van der Waals surface area contributed by atoms with Gasteiger partial charge >= 0.3 is 0 Å². The van der Waals surface area contributed by atoms with Crippen LogP contribution in [0.4, 0.5) is 21.6 Å². The molecular formula is C23H22ClFN6O2. The molecular weight excluding hydrogens is 447 g/mol. The number of aromatic nitrogens is 2. The summed E-state index contributed by atoms with van der Waals surface area (Å²) < 4.78 is 19.2. The van der Waals surface area contributed by atoms with Crippen molar-refractivity contribution in [1.82, 2.24) is 14.9 Å². The van der Waals surface area contributed by atoms with Crippen LogP contribution in [-0.4, -0.2) is 48.0 Å². The number of nitrogens with one attached hydrogen (secondary N) is 2. The van der Waals surface area contributed by atoms with Gasteiger partial charge in [0.2, 0.25) is 5.91 Å². The molecule has 0 saturated carbocycles. The lowest BCUT2D eigenvalue weighted by Crippen LogP contribution is -2.14. The summed E-state index contributed by atoms with van der Waals surface area (Å²) in [6.07, 6.45) is 4.53. The Kier molecular flexibility index (Phi) is 7.77. The predicted octanol–water partition coefficient (Wildman–Crippen LogP) is 4.49. The fourth-order valence-corrected chi connectivity index (χ4v) is 3.09. The zero-order chi connectivity index (χ0) is 24.0. The van der Waals surface area contributed by atoms with E-state index in [4.69, 9.17) is 16.3 Å². The molecule has 0 spiro atoms. The molecule has 1 amide bonds. The maximum absolute atomic E-state index is 13.6. The Hall–Kier alpha value is -3.74. The van der Waals surface area contributed by atoms with Gasteiger partial charge in [-0.2, -0.15) is 5.26 Å². The van der Waals surface area contributed by atoms with Crippen LogP contribution in [0.15, 0.2) is 42.6 Å². The number of carbonyl (C=O) groups excluding carboxylic acids is 1.